The van der Waals surface area contributed by atoms with E-state index in [1.165, 1.54) is 30.9 Å². The van der Waals surface area contributed by atoms with Crippen LogP contribution in [0.2, 0.25) is 0 Å². The summed E-state index contributed by atoms with van der Waals surface area (Å²) in [6, 6.07) is 11.2. The van der Waals surface area contributed by atoms with E-state index in [9.17, 15) is 14.0 Å². The Kier molecular flexibility index (Phi) is 4.69. The molecule has 0 aliphatic heterocycles. The molecule has 0 aliphatic carbocycles. The van der Waals surface area contributed by atoms with Crippen molar-refractivity contribution in [2.45, 2.75) is 0 Å². The Morgan fingerprint density at radius 3 is 2.17 bits per heavy atom. The fourth-order valence-electron chi connectivity index (χ4n) is 3.61. The smallest absolute Gasteiger partial charge is 0.330 e. The second-order valence-electron chi connectivity index (χ2n) is 6.86. The highest BCUT2D eigenvalue weighted by atomic mass is 19.1. The minimum Gasteiger partial charge on any atom is -0.493 e. The molecule has 0 radical (unpaired) electrons. The first kappa shape index (κ1) is 19.5. The van der Waals surface area contributed by atoms with Crippen LogP contribution in [0.1, 0.15) is 0 Å². The van der Waals surface area contributed by atoms with Gasteiger partial charge in [0.1, 0.15) is 5.82 Å². The van der Waals surface area contributed by atoms with Gasteiger partial charge in [-0.25, -0.2) is 9.18 Å². The van der Waals surface area contributed by atoms with Crippen LogP contribution in [-0.4, -0.2) is 27.9 Å². The van der Waals surface area contributed by atoms with E-state index in [2.05, 4.69) is 0 Å². The largest absolute Gasteiger partial charge is 0.493 e. The van der Waals surface area contributed by atoms with Gasteiger partial charge in [0.15, 0.2) is 11.5 Å². The fourth-order valence-corrected chi connectivity index (χ4v) is 3.61. The first-order valence-electron chi connectivity index (χ1n) is 9.16. The van der Waals surface area contributed by atoms with Gasteiger partial charge in [0.2, 0.25) is 0 Å². The third-order valence-electron chi connectivity index (χ3n) is 5.20. The molecule has 0 bridgehead atoms. The van der Waals surface area contributed by atoms with E-state index in [1.54, 1.807) is 55.3 Å². The van der Waals surface area contributed by atoms with E-state index < -0.39 is 11.2 Å². The van der Waals surface area contributed by atoms with Gasteiger partial charge in [-0.15, -0.1) is 0 Å². The summed E-state index contributed by atoms with van der Waals surface area (Å²) < 4.78 is 28.5. The molecule has 0 fully saturated rings. The molecule has 0 N–H and O–H groups in total. The topological polar surface area (TPSA) is 67.4 Å². The summed E-state index contributed by atoms with van der Waals surface area (Å²) in [5.74, 6) is 0.675. The molecule has 0 saturated heterocycles. The third kappa shape index (κ3) is 2.88. The summed E-state index contributed by atoms with van der Waals surface area (Å²) >= 11 is 0. The minimum absolute atomic E-state index is 0.369. The number of aromatic nitrogens is 3. The maximum atomic E-state index is 13.5. The first-order chi connectivity index (χ1) is 14.4. The van der Waals surface area contributed by atoms with Gasteiger partial charge < -0.3 is 14.0 Å². The van der Waals surface area contributed by atoms with Crippen LogP contribution in [0.3, 0.4) is 0 Å². The van der Waals surface area contributed by atoms with Crippen molar-refractivity contribution in [2.75, 3.05) is 14.2 Å². The lowest BCUT2D eigenvalue weighted by molar-refractivity contribution is 0.355. The molecule has 7 nitrogen and oxygen atoms in total. The van der Waals surface area contributed by atoms with Gasteiger partial charge in [0.05, 0.1) is 30.8 Å². The summed E-state index contributed by atoms with van der Waals surface area (Å²) in [6.45, 7) is 0. The van der Waals surface area contributed by atoms with Crippen molar-refractivity contribution < 1.29 is 13.9 Å². The van der Waals surface area contributed by atoms with E-state index >= 15 is 0 Å². The molecule has 0 atom stereocenters. The summed E-state index contributed by atoms with van der Waals surface area (Å²) in [5, 5.41) is 0.371. The number of benzene rings is 2. The molecule has 0 unspecified atom stereocenters. The molecule has 0 aliphatic rings. The number of ether oxygens (including phenoxy) is 2. The van der Waals surface area contributed by atoms with Crippen LogP contribution in [0.4, 0.5) is 4.39 Å². The number of methoxy groups -OCH3 is 2. The van der Waals surface area contributed by atoms with Crippen LogP contribution >= 0.6 is 0 Å². The standard InChI is InChI=1S/C22H20FN3O4/c1-24-16-12-26(15-8-6-14(23)7-9-15)20(19(16)21(27)25(2)22(24)28)13-5-10-17(29-3)18(11-13)30-4/h5-12H,1-4H3. The highest BCUT2D eigenvalue weighted by Crippen LogP contribution is 2.36. The molecule has 154 valence electrons. The van der Waals surface area contributed by atoms with Crippen molar-refractivity contribution in [3.05, 3.63) is 75.3 Å². The number of hydrogen-bond acceptors (Lipinski definition) is 4. The average molecular weight is 409 g/mol. The van der Waals surface area contributed by atoms with Crippen LogP contribution in [0, 0.1) is 5.82 Å². The number of aryl methyl sites for hydroxylation is 1. The number of fused-ring (bicyclic) bond motifs is 1. The molecule has 0 saturated carbocycles. The second-order valence-corrected chi connectivity index (χ2v) is 6.86. The molecule has 30 heavy (non-hydrogen) atoms. The Labute approximate surface area is 171 Å². The first-order valence-corrected chi connectivity index (χ1v) is 9.16. The maximum Gasteiger partial charge on any atom is 0.330 e. The highest BCUT2D eigenvalue weighted by Gasteiger charge is 2.21. The van der Waals surface area contributed by atoms with Crippen LogP contribution in [0.25, 0.3) is 27.8 Å². The zero-order valence-electron chi connectivity index (χ0n) is 17.0. The van der Waals surface area contributed by atoms with Gasteiger partial charge in [-0.05, 0) is 42.5 Å². The van der Waals surface area contributed by atoms with Gasteiger partial charge in [0.25, 0.3) is 5.56 Å². The van der Waals surface area contributed by atoms with Crippen molar-refractivity contribution in [2.24, 2.45) is 14.1 Å². The van der Waals surface area contributed by atoms with Crippen molar-refractivity contribution in [3.63, 3.8) is 0 Å². The van der Waals surface area contributed by atoms with Gasteiger partial charge in [0, 0.05) is 31.5 Å². The van der Waals surface area contributed by atoms with E-state index in [0.717, 1.165) is 4.57 Å². The monoisotopic (exact) mass is 409 g/mol. The lowest BCUT2D eigenvalue weighted by Gasteiger charge is -2.13. The molecule has 8 heteroatoms. The van der Waals surface area contributed by atoms with Crippen LogP contribution in [0.15, 0.2) is 58.3 Å². The van der Waals surface area contributed by atoms with Crippen molar-refractivity contribution in [1.82, 2.24) is 13.7 Å². The minimum atomic E-state index is -0.428. The number of halogens is 1. The van der Waals surface area contributed by atoms with Gasteiger partial charge in [-0.2, -0.15) is 0 Å². The Hall–Kier alpha value is -3.81. The Bertz CT molecular complexity index is 1380. The Morgan fingerprint density at radius 1 is 0.867 bits per heavy atom. The van der Waals surface area contributed by atoms with Crippen LogP contribution < -0.4 is 20.7 Å². The van der Waals surface area contributed by atoms with E-state index in [0.29, 0.717) is 39.3 Å². The zero-order valence-corrected chi connectivity index (χ0v) is 17.0. The Morgan fingerprint density at radius 2 is 1.53 bits per heavy atom. The molecule has 0 spiro atoms. The molecule has 4 rings (SSSR count). The highest BCUT2D eigenvalue weighted by molar-refractivity contribution is 5.95. The normalized spacial score (nSPS) is 11.1. The fraction of sp³-hybridized carbons (Fsp3) is 0.182. The lowest BCUT2D eigenvalue weighted by atomic mass is 10.1. The van der Waals surface area contributed by atoms with Gasteiger partial charge in [-0.3, -0.25) is 13.9 Å². The van der Waals surface area contributed by atoms with Gasteiger partial charge >= 0.3 is 5.69 Å². The Balaban J connectivity index is 2.16. The predicted molar refractivity (Wildman–Crippen MR) is 112 cm³/mol. The maximum absolute atomic E-state index is 13.5. The van der Waals surface area contributed by atoms with E-state index in [1.807, 2.05) is 0 Å². The molecule has 4 aromatic rings. The van der Waals surface area contributed by atoms with E-state index in [4.69, 9.17) is 9.47 Å². The number of rotatable bonds is 4. The summed E-state index contributed by atoms with van der Waals surface area (Å²) in [5.41, 5.74) is 1.52. The predicted octanol–water partition coefficient (Wildman–Crippen LogP) is 2.85. The number of hydrogen-bond donors (Lipinski definition) is 0. The van der Waals surface area contributed by atoms with Gasteiger partial charge in [-0.1, -0.05) is 0 Å². The molecule has 2 aromatic heterocycles. The number of nitrogens with zero attached hydrogens (tertiary/aromatic N) is 3. The molecular weight excluding hydrogens is 389 g/mol. The molecule has 2 aromatic carbocycles. The zero-order chi connectivity index (χ0) is 21.6. The average Bonchev–Trinajstić information content (AvgIpc) is 3.17. The summed E-state index contributed by atoms with van der Waals surface area (Å²) in [7, 11) is 6.12. The van der Waals surface area contributed by atoms with Crippen LogP contribution in [-0.2, 0) is 14.1 Å². The summed E-state index contributed by atoms with van der Waals surface area (Å²) in [4.78, 5) is 25.5. The van der Waals surface area contributed by atoms with E-state index in [-0.39, 0.29) is 5.82 Å². The van der Waals surface area contributed by atoms with Crippen LogP contribution in [0.5, 0.6) is 11.5 Å². The SMILES string of the molecule is COc1ccc(-c2c3c(=O)n(C)c(=O)n(C)c3cn2-c2ccc(F)cc2)cc1OC. The molecular formula is C22H20FN3O4. The third-order valence-corrected chi connectivity index (χ3v) is 5.20. The lowest BCUT2D eigenvalue weighted by Crippen LogP contribution is -2.36. The molecule has 2 heterocycles. The van der Waals surface area contributed by atoms with Crippen molar-refractivity contribution >= 4 is 10.9 Å². The quantitative estimate of drug-likeness (QED) is 0.520. The summed E-state index contributed by atoms with van der Waals surface area (Å²) in [6.07, 6.45) is 1.71. The van der Waals surface area contributed by atoms with Crippen molar-refractivity contribution in [3.8, 4) is 28.4 Å². The molecule has 0 amide bonds. The van der Waals surface area contributed by atoms with Crippen molar-refractivity contribution in [1.29, 1.82) is 0 Å². The second kappa shape index (κ2) is 7.22.